The van der Waals surface area contributed by atoms with Crippen LogP contribution in [0.15, 0.2) is 187 Å². The van der Waals surface area contributed by atoms with Gasteiger partial charge in [0.1, 0.15) is 5.84 Å². The SMILES string of the molecule is Cc1ccccc1.Cc1ccccc1C(C)(N)C(N)c1ccc(-c2ccc3sc4ccccc4c3c2)cc1.N=C(N=C(N)c1ccccc1)c1ccccc1. The molecular weight excluding hydrogens is 691 g/mol. The molecule has 274 valence electrons. The first-order valence-electron chi connectivity index (χ1n) is 18.3. The van der Waals surface area contributed by atoms with Crippen molar-refractivity contribution >= 4 is 43.2 Å². The standard InChI is InChI=1S/C28H26N2S.C14H13N3.C7H8/c1-18-7-3-5-9-24(18)28(2,30)27(29)20-13-11-19(12-14-20)21-15-16-26-23(17-21)22-8-4-6-10-25(22)31-26;15-13(11-7-3-1-4-8-11)17-14(16)12-9-5-2-6-10-12;1-7-5-3-2-4-6-7/h3-17,27H,29-30H2,1-2H3;1-10H,(H3,15,16,17);2-6H,1H3. The zero-order valence-corrected chi connectivity index (χ0v) is 32.3. The van der Waals surface area contributed by atoms with Gasteiger partial charge in [0, 0.05) is 31.3 Å². The highest BCUT2D eigenvalue weighted by atomic mass is 32.1. The molecule has 1 heterocycles. The summed E-state index contributed by atoms with van der Waals surface area (Å²) in [5.74, 6) is 0.534. The van der Waals surface area contributed by atoms with Crippen molar-refractivity contribution in [1.29, 1.82) is 5.41 Å². The third-order valence-corrected chi connectivity index (χ3v) is 10.8. The minimum absolute atomic E-state index is 0.173. The third kappa shape index (κ3) is 9.50. The summed E-state index contributed by atoms with van der Waals surface area (Å²) in [7, 11) is 0. The van der Waals surface area contributed by atoms with Crippen molar-refractivity contribution in [3.63, 3.8) is 0 Å². The van der Waals surface area contributed by atoms with Gasteiger partial charge in [0.15, 0.2) is 5.84 Å². The van der Waals surface area contributed by atoms with Gasteiger partial charge in [-0.15, -0.1) is 11.3 Å². The first kappa shape index (κ1) is 38.5. The van der Waals surface area contributed by atoms with Gasteiger partial charge in [-0.1, -0.05) is 169 Å². The molecule has 5 nitrogen and oxygen atoms in total. The Labute approximate surface area is 328 Å². The number of benzene rings is 7. The summed E-state index contributed by atoms with van der Waals surface area (Å²) in [5, 5.41) is 10.5. The summed E-state index contributed by atoms with van der Waals surface area (Å²) in [6, 6.07) is 60.8. The maximum atomic E-state index is 7.84. The summed E-state index contributed by atoms with van der Waals surface area (Å²) in [6.07, 6.45) is 0. The van der Waals surface area contributed by atoms with E-state index in [1.165, 1.54) is 36.9 Å². The first-order valence-corrected chi connectivity index (χ1v) is 19.1. The Balaban J connectivity index is 0.000000178. The van der Waals surface area contributed by atoms with Gasteiger partial charge in [-0.25, -0.2) is 4.99 Å². The normalized spacial score (nSPS) is 12.8. The fourth-order valence-electron chi connectivity index (χ4n) is 6.47. The molecule has 7 N–H and O–H groups in total. The second-order valence-electron chi connectivity index (χ2n) is 13.7. The molecule has 7 aromatic carbocycles. The van der Waals surface area contributed by atoms with Crippen molar-refractivity contribution < 1.29 is 0 Å². The van der Waals surface area contributed by atoms with Crippen LogP contribution >= 0.6 is 11.3 Å². The average Bonchev–Trinajstić information content (AvgIpc) is 3.60. The van der Waals surface area contributed by atoms with Crippen molar-refractivity contribution in [2.45, 2.75) is 32.4 Å². The van der Waals surface area contributed by atoms with E-state index >= 15 is 0 Å². The second kappa shape index (κ2) is 17.8. The first-order chi connectivity index (χ1) is 26.6. The average molecular weight is 738 g/mol. The second-order valence-corrected chi connectivity index (χ2v) is 14.8. The molecule has 0 aliphatic rings. The van der Waals surface area contributed by atoms with E-state index in [2.05, 4.69) is 110 Å². The van der Waals surface area contributed by atoms with Crippen LogP contribution in [0.2, 0.25) is 0 Å². The lowest BCUT2D eigenvalue weighted by Crippen LogP contribution is -2.44. The number of amidine groups is 2. The van der Waals surface area contributed by atoms with E-state index in [0.29, 0.717) is 5.84 Å². The molecule has 2 unspecified atom stereocenters. The lowest BCUT2D eigenvalue weighted by molar-refractivity contribution is 0.395. The number of nitrogens with one attached hydrogen (secondary N) is 1. The largest absolute Gasteiger partial charge is 0.383 e. The van der Waals surface area contributed by atoms with Crippen LogP contribution in [0.1, 0.15) is 46.3 Å². The fraction of sp³-hybridized carbons (Fsp3) is 0.102. The number of nitrogens with two attached hydrogens (primary N) is 3. The lowest BCUT2D eigenvalue weighted by atomic mass is 9.80. The van der Waals surface area contributed by atoms with Gasteiger partial charge in [-0.2, -0.15) is 0 Å². The fourth-order valence-corrected chi connectivity index (χ4v) is 7.55. The van der Waals surface area contributed by atoms with E-state index in [1.54, 1.807) is 0 Å². The third-order valence-electron chi connectivity index (χ3n) is 9.64. The zero-order valence-electron chi connectivity index (χ0n) is 31.5. The van der Waals surface area contributed by atoms with Gasteiger partial charge in [0.2, 0.25) is 0 Å². The molecule has 8 aromatic rings. The van der Waals surface area contributed by atoms with Crippen molar-refractivity contribution in [3.05, 3.63) is 215 Å². The summed E-state index contributed by atoms with van der Waals surface area (Å²) in [4.78, 5) is 4.10. The molecule has 0 saturated heterocycles. The predicted molar refractivity (Wildman–Crippen MR) is 236 cm³/mol. The molecule has 2 atom stereocenters. The number of nitrogens with zero attached hydrogens (tertiary/aromatic N) is 1. The van der Waals surface area contributed by atoms with Crippen LogP contribution in [-0.4, -0.2) is 11.7 Å². The molecule has 0 aliphatic carbocycles. The molecule has 0 radical (unpaired) electrons. The number of aliphatic imine (C=N–C) groups is 1. The monoisotopic (exact) mass is 737 g/mol. The number of fused-ring (bicyclic) bond motifs is 3. The van der Waals surface area contributed by atoms with Gasteiger partial charge in [-0.05, 0) is 66.8 Å². The molecule has 0 fully saturated rings. The van der Waals surface area contributed by atoms with Crippen LogP contribution in [0.4, 0.5) is 0 Å². The Morgan fingerprint density at radius 2 is 1.13 bits per heavy atom. The Morgan fingerprint density at radius 1 is 0.600 bits per heavy atom. The number of thiophene rings is 1. The summed E-state index contributed by atoms with van der Waals surface area (Å²) in [6.45, 7) is 6.18. The maximum Gasteiger partial charge on any atom is 0.154 e. The van der Waals surface area contributed by atoms with Crippen LogP contribution in [0, 0.1) is 19.3 Å². The Hall–Kier alpha value is -6.18. The summed E-state index contributed by atoms with van der Waals surface area (Å²) in [5.41, 5.74) is 27.2. The van der Waals surface area contributed by atoms with Gasteiger partial charge < -0.3 is 17.2 Å². The minimum Gasteiger partial charge on any atom is -0.383 e. The van der Waals surface area contributed by atoms with Gasteiger partial charge in [-0.3, -0.25) is 5.41 Å². The number of hydrogen-bond acceptors (Lipinski definition) is 4. The van der Waals surface area contributed by atoms with Crippen LogP contribution in [0.5, 0.6) is 0 Å². The summed E-state index contributed by atoms with van der Waals surface area (Å²) < 4.78 is 2.65. The van der Waals surface area contributed by atoms with Crippen molar-refractivity contribution in [2.75, 3.05) is 0 Å². The molecule has 0 saturated carbocycles. The van der Waals surface area contributed by atoms with E-state index < -0.39 is 5.54 Å². The predicted octanol–water partition coefficient (Wildman–Crippen LogP) is 11.3. The minimum atomic E-state index is -0.651. The van der Waals surface area contributed by atoms with Crippen LogP contribution in [0.25, 0.3) is 31.3 Å². The Kier molecular flexibility index (Phi) is 12.4. The van der Waals surface area contributed by atoms with Crippen molar-refractivity contribution in [1.82, 2.24) is 0 Å². The Morgan fingerprint density at radius 3 is 1.75 bits per heavy atom. The number of aryl methyl sites for hydroxylation is 2. The van der Waals surface area contributed by atoms with Crippen molar-refractivity contribution in [2.24, 2.45) is 22.2 Å². The summed E-state index contributed by atoms with van der Waals surface area (Å²) >= 11 is 1.84. The van der Waals surface area contributed by atoms with Crippen LogP contribution in [0.3, 0.4) is 0 Å². The molecule has 6 heteroatoms. The van der Waals surface area contributed by atoms with E-state index in [9.17, 15) is 0 Å². The zero-order chi connectivity index (χ0) is 38.8. The highest BCUT2D eigenvalue weighted by Gasteiger charge is 2.31. The van der Waals surface area contributed by atoms with E-state index in [4.69, 9.17) is 22.6 Å². The quantitative estimate of drug-likeness (QED) is 0.101. The van der Waals surface area contributed by atoms with E-state index in [-0.39, 0.29) is 11.9 Å². The van der Waals surface area contributed by atoms with Crippen LogP contribution < -0.4 is 17.2 Å². The molecule has 55 heavy (non-hydrogen) atoms. The Bertz CT molecular complexity index is 2510. The van der Waals surface area contributed by atoms with Crippen LogP contribution in [-0.2, 0) is 5.54 Å². The van der Waals surface area contributed by atoms with Gasteiger partial charge >= 0.3 is 0 Å². The molecule has 1 aromatic heterocycles. The molecule has 0 bridgehead atoms. The molecule has 0 amide bonds. The highest BCUT2D eigenvalue weighted by Crippen LogP contribution is 2.37. The molecule has 0 aliphatic heterocycles. The van der Waals surface area contributed by atoms with E-state index in [0.717, 1.165) is 27.8 Å². The van der Waals surface area contributed by atoms with Gasteiger partial charge in [0.25, 0.3) is 0 Å². The smallest absolute Gasteiger partial charge is 0.154 e. The van der Waals surface area contributed by atoms with Gasteiger partial charge in [0.05, 0.1) is 11.6 Å². The molecule has 0 spiro atoms. The molecule has 8 rings (SSSR count). The molecular formula is C49H47N5S. The highest BCUT2D eigenvalue weighted by molar-refractivity contribution is 7.25. The number of rotatable bonds is 6. The lowest BCUT2D eigenvalue weighted by Gasteiger charge is -2.33. The topological polar surface area (TPSA) is 114 Å². The van der Waals surface area contributed by atoms with Crippen molar-refractivity contribution in [3.8, 4) is 11.1 Å². The van der Waals surface area contributed by atoms with E-state index in [1.807, 2.05) is 109 Å². The maximum absolute atomic E-state index is 7.84. The number of hydrogen-bond donors (Lipinski definition) is 4.